The van der Waals surface area contributed by atoms with Gasteiger partial charge in [0.25, 0.3) is 0 Å². The number of carbonyl (C=O) groups excluding carboxylic acids is 2. The fourth-order valence-electron chi connectivity index (χ4n) is 3.26. The van der Waals surface area contributed by atoms with Crippen LogP contribution in [0.1, 0.15) is 13.3 Å². The fraction of sp³-hybridized carbons (Fsp3) is 0.444. The molecule has 0 amide bonds. The van der Waals surface area contributed by atoms with Crippen molar-refractivity contribution in [3.8, 4) is 0 Å². The second-order valence-corrected chi connectivity index (χ2v) is 10.4. The Morgan fingerprint density at radius 1 is 1.29 bits per heavy atom. The minimum absolute atomic E-state index is 0.253. The van der Waals surface area contributed by atoms with Crippen molar-refractivity contribution in [1.82, 2.24) is 0 Å². The van der Waals surface area contributed by atoms with E-state index in [1.807, 2.05) is 18.2 Å². The van der Waals surface area contributed by atoms with Crippen molar-refractivity contribution >= 4 is 25.4 Å². The number of esters is 2. The van der Waals surface area contributed by atoms with E-state index in [4.69, 9.17) is 13.9 Å². The van der Waals surface area contributed by atoms with Gasteiger partial charge in [-0.1, -0.05) is 36.4 Å². The van der Waals surface area contributed by atoms with E-state index >= 15 is 0 Å². The van der Waals surface area contributed by atoms with Crippen LogP contribution < -0.4 is 5.19 Å². The molecule has 1 aliphatic carbocycles. The van der Waals surface area contributed by atoms with Crippen LogP contribution in [0.2, 0.25) is 13.1 Å². The predicted molar refractivity (Wildman–Crippen MR) is 91.1 cm³/mol. The van der Waals surface area contributed by atoms with Crippen molar-refractivity contribution in [2.75, 3.05) is 6.61 Å². The fourth-order valence-corrected chi connectivity index (χ4v) is 5.40. The summed E-state index contributed by atoms with van der Waals surface area (Å²) >= 11 is 0. The van der Waals surface area contributed by atoms with E-state index in [-0.39, 0.29) is 12.1 Å². The zero-order valence-electron chi connectivity index (χ0n) is 14.2. The zero-order chi connectivity index (χ0) is 17.3. The molecule has 1 saturated heterocycles. The van der Waals surface area contributed by atoms with Gasteiger partial charge >= 0.3 is 11.9 Å². The van der Waals surface area contributed by atoms with E-state index in [1.54, 1.807) is 13.0 Å². The maximum Gasteiger partial charge on any atom is 0.337 e. The molecule has 4 rings (SSSR count). The molecule has 0 spiro atoms. The van der Waals surface area contributed by atoms with Gasteiger partial charge in [0, 0.05) is 6.42 Å². The molecule has 0 unspecified atom stereocenters. The van der Waals surface area contributed by atoms with Crippen LogP contribution in [0.25, 0.3) is 0 Å². The highest BCUT2D eigenvalue weighted by Crippen LogP contribution is 2.37. The minimum atomic E-state index is -2.15. The SMILES string of the molecule is CCOC(=O)C1=C[C@H]2C(=O)O[C@@H]1C[C@H]2O[Si](C)(C)c1ccccc1. The molecule has 0 radical (unpaired) electrons. The van der Waals surface area contributed by atoms with E-state index in [0.29, 0.717) is 18.6 Å². The lowest BCUT2D eigenvalue weighted by Crippen LogP contribution is -2.55. The van der Waals surface area contributed by atoms with Gasteiger partial charge in [-0.2, -0.15) is 0 Å². The summed E-state index contributed by atoms with van der Waals surface area (Å²) in [6.45, 7) is 6.29. The van der Waals surface area contributed by atoms with Crippen molar-refractivity contribution in [3.63, 3.8) is 0 Å². The molecule has 2 aliphatic heterocycles. The Hall–Kier alpha value is -1.92. The first-order valence-corrected chi connectivity index (χ1v) is 11.2. The van der Waals surface area contributed by atoms with Crippen molar-refractivity contribution in [3.05, 3.63) is 42.0 Å². The first-order chi connectivity index (χ1) is 11.4. The Balaban J connectivity index is 1.80. The van der Waals surface area contributed by atoms with Crippen LogP contribution >= 0.6 is 0 Å². The lowest BCUT2D eigenvalue weighted by Gasteiger charge is -2.42. The quantitative estimate of drug-likeness (QED) is 0.602. The van der Waals surface area contributed by atoms with Gasteiger partial charge in [-0.3, -0.25) is 4.79 Å². The number of fused-ring (bicyclic) bond motifs is 2. The van der Waals surface area contributed by atoms with Gasteiger partial charge in [-0.05, 0) is 25.2 Å². The molecule has 0 aromatic heterocycles. The average Bonchev–Trinajstić information content (AvgIpc) is 2.55. The standard InChI is InChI=1S/C18H22O5Si/c1-4-21-17(19)13-10-14-16(11-15(13)22-18(14)20)23-24(2,3)12-8-6-5-7-9-12/h5-10,14-16H,4,11H2,1-3H3/t14-,15-,16-/m1/s1. The molecule has 0 saturated carbocycles. The zero-order valence-corrected chi connectivity index (χ0v) is 15.2. The van der Waals surface area contributed by atoms with Crippen molar-refractivity contribution in [1.29, 1.82) is 0 Å². The van der Waals surface area contributed by atoms with Gasteiger partial charge in [-0.25, -0.2) is 4.79 Å². The Morgan fingerprint density at radius 3 is 2.62 bits per heavy atom. The largest absolute Gasteiger partial charge is 0.463 e. The predicted octanol–water partition coefficient (Wildman–Crippen LogP) is 1.92. The van der Waals surface area contributed by atoms with Gasteiger partial charge in [0.1, 0.15) is 12.0 Å². The summed E-state index contributed by atoms with van der Waals surface area (Å²) < 4.78 is 16.8. The Morgan fingerprint density at radius 2 is 2.00 bits per heavy atom. The summed E-state index contributed by atoms with van der Waals surface area (Å²) in [6, 6.07) is 10.1. The third-order valence-corrected chi connectivity index (χ3v) is 7.13. The Kier molecular flexibility index (Phi) is 4.60. The molecule has 2 bridgehead atoms. The summed E-state index contributed by atoms with van der Waals surface area (Å²) in [6.07, 6.45) is 1.37. The Bertz CT molecular complexity index is 667. The lowest BCUT2D eigenvalue weighted by molar-refractivity contribution is -0.167. The number of hydrogen-bond acceptors (Lipinski definition) is 5. The van der Waals surface area contributed by atoms with Crippen LogP contribution in [0.5, 0.6) is 0 Å². The highest BCUT2D eigenvalue weighted by Gasteiger charge is 2.48. The first kappa shape index (κ1) is 16.9. The summed E-state index contributed by atoms with van der Waals surface area (Å²) in [4.78, 5) is 24.1. The third-order valence-electron chi connectivity index (χ3n) is 4.51. The summed E-state index contributed by atoms with van der Waals surface area (Å²) in [5, 5.41) is 1.18. The van der Waals surface area contributed by atoms with E-state index in [1.165, 1.54) is 5.19 Å². The highest BCUT2D eigenvalue weighted by atomic mass is 28.4. The van der Waals surface area contributed by atoms with Crippen molar-refractivity contribution in [2.24, 2.45) is 5.92 Å². The van der Waals surface area contributed by atoms with E-state index in [0.717, 1.165) is 0 Å². The van der Waals surface area contributed by atoms with Gasteiger partial charge < -0.3 is 13.9 Å². The number of hydrogen-bond donors (Lipinski definition) is 0. The maximum absolute atomic E-state index is 12.1. The van der Waals surface area contributed by atoms with E-state index < -0.39 is 26.3 Å². The van der Waals surface area contributed by atoms with Gasteiger partial charge in [0.2, 0.25) is 8.32 Å². The van der Waals surface area contributed by atoms with E-state index in [9.17, 15) is 9.59 Å². The molecule has 1 aromatic rings. The van der Waals surface area contributed by atoms with Gasteiger partial charge in [-0.15, -0.1) is 0 Å². The molecular weight excluding hydrogens is 324 g/mol. The van der Waals surface area contributed by atoms with Crippen molar-refractivity contribution < 1.29 is 23.5 Å². The van der Waals surface area contributed by atoms with Gasteiger partial charge in [0.15, 0.2) is 0 Å². The number of rotatable bonds is 5. The topological polar surface area (TPSA) is 61.8 Å². The molecular formula is C18H22O5Si. The molecule has 2 heterocycles. The molecule has 3 atom stereocenters. The van der Waals surface area contributed by atoms with E-state index in [2.05, 4.69) is 25.2 Å². The van der Waals surface area contributed by atoms with Crippen LogP contribution in [0.15, 0.2) is 42.0 Å². The van der Waals surface area contributed by atoms with Crippen molar-refractivity contribution in [2.45, 2.75) is 38.6 Å². The summed E-state index contributed by atoms with van der Waals surface area (Å²) in [5.74, 6) is -1.26. The third kappa shape index (κ3) is 3.16. The number of carbonyl (C=O) groups is 2. The smallest absolute Gasteiger partial charge is 0.337 e. The van der Waals surface area contributed by atoms with Gasteiger partial charge in [0.05, 0.1) is 18.3 Å². The second kappa shape index (κ2) is 6.53. The first-order valence-electron chi connectivity index (χ1n) is 8.25. The van der Waals surface area contributed by atoms with Crippen LogP contribution in [0.3, 0.4) is 0 Å². The molecule has 1 aromatic carbocycles. The Labute approximate surface area is 142 Å². The van der Waals surface area contributed by atoms with Crippen LogP contribution in [-0.4, -0.2) is 39.1 Å². The molecule has 1 fully saturated rings. The molecule has 24 heavy (non-hydrogen) atoms. The summed E-state index contributed by atoms with van der Waals surface area (Å²) in [7, 11) is -2.15. The number of benzene rings is 1. The number of ether oxygens (including phenoxy) is 2. The highest BCUT2D eigenvalue weighted by molar-refractivity contribution is 6.84. The molecule has 6 heteroatoms. The van der Waals surface area contributed by atoms with Crippen LogP contribution in [0.4, 0.5) is 0 Å². The lowest BCUT2D eigenvalue weighted by atomic mass is 9.83. The van der Waals surface area contributed by atoms with Crippen LogP contribution in [-0.2, 0) is 23.5 Å². The minimum Gasteiger partial charge on any atom is -0.463 e. The monoisotopic (exact) mass is 346 g/mol. The maximum atomic E-state index is 12.1. The normalized spacial score (nSPS) is 25.9. The molecule has 128 valence electrons. The molecule has 0 N–H and O–H groups in total. The summed E-state index contributed by atoms with van der Waals surface area (Å²) in [5.41, 5.74) is 0.445. The van der Waals surface area contributed by atoms with Crippen LogP contribution in [0, 0.1) is 5.92 Å². The second-order valence-electron chi connectivity index (χ2n) is 6.56. The molecule has 3 aliphatic rings. The molecule has 5 nitrogen and oxygen atoms in total. The average molecular weight is 346 g/mol.